The third-order valence-electron chi connectivity index (χ3n) is 3.37. The van der Waals surface area contributed by atoms with Gasteiger partial charge in [-0.15, -0.1) is 0 Å². The van der Waals surface area contributed by atoms with E-state index in [1.165, 1.54) is 24.4 Å². The second-order valence-corrected chi connectivity index (χ2v) is 5.89. The van der Waals surface area contributed by atoms with Crippen molar-refractivity contribution in [1.29, 1.82) is 0 Å². The highest BCUT2D eigenvalue weighted by molar-refractivity contribution is 6.43. The molecule has 3 N–H and O–H groups in total. The molecule has 6 nitrogen and oxygen atoms in total. The molecule has 0 aliphatic rings. The normalized spacial score (nSPS) is 11.0. The van der Waals surface area contributed by atoms with Gasteiger partial charge < -0.3 is 10.3 Å². The summed E-state index contributed by atoms with van der Waals surface area (Å²) in [6, 6.07) is 12.2. The number of hydrazone groups is 1. The molecular formula is C17H12Cl2N4O2. The lowest BCUT2D eigenvalue weighted by atomic mass is 10.2. The number of carbonyl (C=O) groups excluding carboxylic acids is 2. The van der Waals surface area contributed by atoms with Crippen LogP contribution in [-0.4, -0.2) is 23.0 Å². The Bertz CT molecular complexity index is 982. The number of para-hydroxylation sites is 1. The van der Waals surface area contributed by atoms with Crippen LogP contribution in [0.25, 0.3) is 10.9 Å². The van der Waals surface area contributed by atoms with Gasteiger partial charge >= 0.3 is 11.8 Å². The van der Waals surface area contributed by atoms with Gasteiger partial charge in [-0.05, 0) is 24.3 Å². The highest BCUT2D eigenvalue weighted by Gasteiger charge is 2.13. The second-order valence-electron chi connectivity index (χ2n) is 5.07. The van der Waals surface area contributed by atoms with Crippen LogP contribution in [0.2, 0.25) is 10.0 Å². The minimum Gasteiger partial charge on any atom is -0.361 e. The summed E-state index contributed by atoms with van der Waals surface area (Å²) in [5.74, 6) is -1.77. The quantitative estimate of drug-likeness (QED) is 0.371. The van der Waals surface area contributed by atoms with Gasteiger partial charge in [0.2, 0.25) is 0 Å². The number of anilines is 1. The Morgan fingerprint density at radius 2 is 1.84 bits per heavy atom. The van der Waals surface area contributed by atoms with Gasteiger partial charge in [-0.25, -0.2) is 5.43 Å². The van der Waals surface area contributed by atoms with Crippen molar-refractivity contribution in [3.05, 3.63) is 64.3 Å². The Hall–Kier alpha value is -2.83. The van der Waals surface area contributed by atoms with Crippen molar-refractivity contribution in [1.82, 2.24) is 10.4 Å². The van der Waals surface area contributed by atoms with Gasteiger partial charge in [-0.1, -0.05) is 41.4 Å². The minimum absolute atomic E-state index is 0.275. The van der Waals surface area contributed by atoms with Crippen molar-refractivity contribution in [2.45, 2.75) is 0 Å². The number of fused-ring (bicyclic) bond motifs is 1. The summed E-state index contributed by atoms with van der Waals surface area (Å²) >= 11 is 11.6. The topological polar surface area (TPSA) is 86.3 Å². The number of nitrogens with zero attached hydrogens (tertiary/aromatic N) is 1. The van der Waals surface area contributed by atoms with Gasteiger partial charge in [0.05, 0.1) is 16.3 Å². The fourth-order valence-electron chi connectivity index (χ4n) is 2.17. The van der Waals surface area contributed by atoms with E-state index in [4.69, 9.17) is 23.2 Å². The Labute approximate surface area is 152 Å². The lowest BCUT2D eigenvalue weighted by Gasteiger charge is -2.05. The number of rotatable bonds is 3. The predicted octanol–water partition coefficient (Wildman–Crippen LogP) is 3.56. The SMILES string of the molecule is O=C(N/N=C/c1c[nH]c2ccccc12)C(=O)Nc1ccc(Cl)c(Cl)c1. The van der Waals surface area contributed by atoms with Crippen LogP contribution in [0.1, 0.15) is 5.56 Å². The van der Waals surface area contributed by atoms with Crippen molar-refractivity contribution in [2.75, 3.05) is 5.32 Å². The lowest BCUT2D eigenvalue weighted by Crippen LogP contribution is -2.32. The molecule has 8 heteroatoms. The van der Waals surface area contributed by atoms with Crippen molar-refractivity contribution in [2.24, 2.45) is 5.10 Å². The second kappa shape index (κ2) is 7.38. The summed E-state index contributed by atoms with van der Waals surface area (Å²) < 4.78 is 0. The van der Waals surface area contributed by atoms with E-state index in [1.54, 1.807) is 6.20 Å². The van der Waals surface area contributed by atoms with Crippen molar-refractivity contribution in [3.63, 3.8) is 0 Å². The van der Waals surface area contributed by atoms with Crippen LogP contribution in [0.15, 0.2) is 53.8 Å². The Balaban J connectivity index is 1.61. The Kier molecular flexibility index (Phi) is 5.02. The van der Waals surface area contributed by atoms with Crippen LogP contribution in [0.5, 0.6) is 0 Å². The van der Waals surface area contributed by atoms with Gasteiger partial charge in [-0.3, -0.25) is 9.59 Å². The molecule has 0 atom stereocenters. The van der Waals surface area contributed by atoms with E-state index >= 15 is 0 Å². The Morgan fingerprint density at radius 3 is 2.64 bits per heavy atom. The summed E-state index contributed by atoms with van der Waals surface area (Å²) in [5.41, 5.74) is 4.28. The molecule has 25 heavy (non-hydrogen) atoms. The fourth-order valence-corrected chi connectivity index (χ4v) is 2.47. The number of aromatic amines is 1. The first kappa shape index (κ1) is 17.0. The maximum absolute atomic E-state index is 11.8. The van der Waals surface area contributed by atoms with Crippen molar-refractivity contribution in [3.8, 4) is 0 Å². The molecule has 0 aliphatic heterocycles. The number of nitrogens with one attached hydrogen (secondary N) is 3. The largest absolute Gasteiger partial charge is 0.361 e. The molecule has 0 spiro atoms. The van der Waals surface area contributed by atoms with Crippen LogP contribution in [0.4, 0.5) is 5.69 Å². The highest BCUT2D eigenvalue weighted by atomic mass is 35.5. The van der Waals surface area contributed by atoms with Crippen molar-refractivity contribution >= 4 is 57.8 Å². The number of hydrogen-bond acceptors (Lipinski definition) is 3. The molecule has 0 unspecified atom stereocenters. The summed E-state index contributed by atoms with van der Waals surface area (Å²) in [7, 11) is 0. The van der Waals surface area contributed by atoms with Gasteiger partial charge in [0.25, 0.3) is 0 Å². The molecule has 0 fully saturated rings. The molecular weight excluding hydrogens is 363 g/mol. The molecule has 2 amide bonds. The third kappa shape index (κ3) is 3.99. The van der Waals surface area contributed by atoms with Crippen LogP contribution >= 0.6 is 23.2 Å². The molecule has 1 aromatic heterocycles. The van der Waals surface area contributed by atoms with E-state index in [0.29, 0.717) is 10.7 Å². The lowest BCUT2D eigenvalue weighted by molar-refractivity contribution is -0.136. The molecule has 2 aromatic carbocycles. The number of hydrogen-bond donors (Lipinski definition) is 3. The van der Waals surface area contributed by atoms with E-state index in [9.17, 15) is 9.59 Å². The average molecular weight is 375 g/mol. The van der Waals surface area contributed by atoms with E-state index in [0.717, 1.165) is 16.5 Å². The molecule has 3 rings (SSSR count). The van der Waals surface area contributed by atoms with Crippen molar-refractivity contribution < 1.29 is 9.59 Å². The number of benzene rings is 2. The van der Waals surface area contributed by atoms with Gasteiger partial charge in [0.1, 0.15) is 0 Å². The molecule has 126 valence electrons. The summed E-state index contributed by atoms with van der Waals surface area (Å²) in [5, 5.41) is 7.80. The molecule has 0 saturated heterocycles. The average Bonchev–Trinajstić information content (AvgIpc) is 3.01. The first-order valence-corrected chi connectivity index (χ1v) is 7.96. The number of aromatic nitrogens is 1. The monoisotopic (exact) mass is 374 g/mol. The maximum Gasteiger partial charge on any atom is 0.329 e. The third-order valence-corrected chi connectivity index (χ3v) is 4.11. The molecule has 0 saturated carbocycles. The van der Waals surface area contributed by atoms with Gasteiger partial charge in [0.15, 0.2) is 0 Å². The number of halogens is 2. The minimum atomic E-state index is -0.901. The standard InChI is InChI=1S/C17H12Cl2N4O2/c18-13-6-5-11(7-14(13)19)22-16(24)17(25)23-21-9-10-8-20-15-4-2-1-3-12(10)15/h1-9,20H,(H,22,24)(H,23,25)/b21-9+. The smallest absolute Gasteiger partial charge is 0.329 e. The zero-order chi connectivity index (χ0) is 17.8. The summed E-state index contributed by atoms with van der Waals surface area (Å²) in [6.07, 6.45) is 3.22. The number of H-pyrrole nitrogens is 1. The summed E-state index contributed by atoms with van der Waals surface area (Å²) in [4.78, 5) is 26.7. The zero-order valence-corrected chi connectivity index (χ0v) is 14.2. The van der Waals surface area contributed by atoms with Gasteiger partial charge in [0, 0.05) is 28.4 Å². The fraction of sp³-hybridized carbons (Fsp3) is 0. The molecule has 0 aliphatic carbocycles. The van der Waals surface area contributed by atoms with Crippen LogP contribution in [0, 0.1) is 0 Å². The van der Waals surface area contributed by atoms with E-state index in [-0.39, 0.29) is 5.02 Å². The van der Waals surface area contributed by atoms with Crippen LogP contribution in [-0.2, 0) is 9.59 Å². The molecule has 3 aromatic rings. The van der Waals surface area contributed by atoms with E-state index in [1.807, 2.05) is 24.3 Å². The number of amides is 2. The van der Waals surface area contributed by atoms with Gasteiger partial charge in [-0.2, -0.15) is 5.10 Å². The molecule has 0 radical (unpaired) electrons. The van der Waals surface area contributed by atoms with E-state index in [2.05, 4.69) is 20.8 Å². The Morgan fingerprint density at radius 1 is 1.04 bits per heavy atom. The maximum atomic E-state index is 11.8. The highest BCUT2D eigenvalue weighted by Crippen LogP contribution is 2.24. The predicted molar refractivity (Wildman–Crippen MR) is 99.1 cm³/mol. The molecule has 0 bridgehead atoms. The van der Waals surface area contributed by atoms with Crippen LogP contribution < -0.4 is 10.7 Å². The van der Waals surface area contributed by atoms with E-state index < -0.39 is 11.8 Å². The van der Waals surface area contributed by atoms with Crippen LogP contribution in [0.3, 0.4) is 0 Å². The number of carbonyl (C=O) groups is 2. The summed E-state index contributed by atoms with van der Waals surface area (Å²) in [6.45, 7) is 0. The first-order chi connectivity index (χ1) is 12.0. The molecule has 1 heterocycles. The zero-order valence-electron chi connectivity index (χ0n) is 12.7. The first-order valence-electron chi connectivity index (χ1n) is 7.20.